The zero-order chi connectivity index (χ0) is 11.9. The second kappa shape index (κ2) is 4.38. The lowest BCUT2D eigenvalue weighted by Crippen LogP contribution is -2.46. The van der Waals surface area contributed by atoms with Gasteiger partial charge in [-0.15, -0.1) is 11.3 Å². The van der Waals surface area contributed by atoms with Crippen LogP contribution in [0.5, 0.6) is 0 Å². The highest BCUT2D eigenvalue weighted by molar-refractivity contribution is 9.11. The summed E-state index contributed by atoms with van der Waals surface area (Å²) >= 11 is 4.50. The second-order valence-corrected chi connectivity index (χ2v) is 8.28. The van der Waals surface area contributed by atoms with Crippen molar-refractivity contribution < 1.29 is 13.5 Å². The maximum atomic E-state index is 11.9. The van der Waals surface area contributed by atoms with Crippen LogP contribution in [0.25, 0.3) is 0 Å². The van der Waals surface area contributed by atoms with Crippen LogP contribution in [-0.4, -0.2) is 25.7 Å². The van der Waals surface area contributed by atoms with E-state index < -0.39 is 10.0 Å². The monoisotopic (exact) mass is 325 g/mol. The molecule has 1 heterocycles. The fourth-order valence-electron chi connectivity index (χ4n) is 1.53. The van der Waals surface area contributed by atoms with Crippen LogP contribution < -0.4 is 4.72 Å². The Hall–Kier alpha value is 0.0500. The molecule has 4 nitrogen and oxygen atoms in total. The minimum absolute atomic E-state index is 0.124. The Morgan fingerprint density at radius 3 is 2.62 bits per heavy atom. The summed E-state index contributed by atoms with van der Waals surface area (Å²) in [6, 6.07) is 1.52. The summed E-state index contributed by atoms with van der Waals surface area (Å²) in [6.45, 7) is 1.85. The number of halogens is 1. The lowest BCUT2D eigenvalue weighted by Gasteiger charge is -2.31. The number of aliphatic hydroxyl groups is 1. The van der Waals surface area contributed by atoms with Crippen molar-refractivity contribution in [3.63, 3.8) is 0 Å². The highest BCUT2D eigenvalue weighted by atomic mass is 79.9. The molecule has 1 aliphatic carbocycles. The molecule has 16 heavy (non-hydrogen) atoms. The molecule has 2 rings (SSSR count). The first-order valence-electron chi connectivity index (χ1n) is 4.85. The molecule has 0 unspecified atom stereocenters. The maximum Gasteiger partial charge on any atom is 0.250 e. The first-order chi connectivity index (χ1) is 7.38. The van der Waals surface area contributed by atoms with Crippen LogP contribution in [0.3, 0.4) is 0 Å². The van der Waals surface area contributed by atoms with Gasteiger partial charge in [-0.2, -0.15) is 0 Å². The van der Waals surface area contributed by atoms with Crippen LogP contribution in [-0.2, 0) is 10.0 Å². The Morgan fingerprint density at radius 1 is 1.56 bits per heavy atom. The standard InChI is InChI=1S/C9H12BrNO3S2/c1-5-2-8(15-9(5)10)16(13,14)11-6-3-7(12)4-6/h2,6-7,11-12H,3-4H2,1H3. The molecule has 0 aliphatic heterocycles. The Bertz CT molecular complexity index is 471. The van der Waals surface area contributed by atoms with Crippen molar-refractivity contribution in [2.24, 2.45) is 0 Å². The fraction of sp³-hybridized carbons (Fsp3) is 0.556. The van der Waals surface area contributed by atoms with Gasteiger partial charge in [0.05, 0.1) is 9.89 Å². The summed E-state index contributed by atoms with van der Waals surface area (Å²) in [5.41, 5.74) is 0.916. The number of aliphatic hydroxyl groups excluding tert-OH is 1. The molecule has 0 aromatic carbocycles. The zero-order valence-electron chi connectivity index (χ0n) is 8.60. The van der Waals surface area contributed by atoms with Crippen LogP contribution in [0.1, 0.15) is 18.4 Å². The van der Waals surface area contributed by atoms with Crippen molar-refractivity contribution in [1.82, 2.24) is 4.72 Å². The van der Waals surface area contributed by atoms with Gasteiger partial charge in [-0.25, -0.2) is 13.1 Å². The predicted molar refractivity (Wildman–Crippen MR) is 66.1 cm³/mol. The lowest BCUT2D eigenvalue weighted by atomic mass is 9.91. The third-order valence-electron chi connectivity index (χ3n) is 2.53. The minimum Gasteiger partial charge on any atom is -0.393 e. The highest BCUT2D eigenvalue weighted by Gasteiger charge is 2.32. The van der Waals surface area contributed by atoms with E-state index in [0.717, 1.165) is 9.35 Å². The summed E-state index contributed by atoms with van der Waals surface area (Å²) in [4.78, 5) is 0. The van der Waals surface area contributed by atoms with Crippen LogP contribution in [0.2, 0.25) is 0 Å². The quantitative estimate of drug-likeness (QED) is 0.887. The van der Waals surface area contributed by atoms with E-state index in [-0.39, 0.29) is 12.1 Å². The van der Waals surface area contributed by atoms with Crippen molar-refractivity contribution in [2.75, 3.05) is 0 Å². The van der Waals surface area contributed by atoms with Gasteiger partial charge in [-0.1, -0.05) is 0 Å². The first-order valence-corrected chi connectivity index (χ1v) is 7.94. The lowest BCUT2D eigenvalue weighted by molar-refractivity contribution is 0.0712. The van der Waals surface area contributed by atoms with E-state index in [1.54, 1.807) is 6.07 Å². The van der Waals surface area contributed by atoms with Gasteiger partial charge in [0.15, 0.2) is 0 Å². The third-order valence-corrected chi connectivity index (χ3v) is 6.67. The van der Waals surface area contributed by atoms with E-state index in [0.29, 0.717) is 17.1 Å². The zero-order valence-corrected chi connectivity index (χ0v) is 11.8. The molecule has 1 aliphatic rings. The molecular formula is C9H12BrNO3S2. The van der Waals surface area contributed by atoms with Crippen LogP contribution in [0.4, 0.5) is 0 Å². The number of aryl methyl sites for hydroxylation is 1. The van der Waals surface area contributed by atoms with Crippen LogP contribution in [0.15, 0.2) is 14.1 Å². The summed E-state index contributed by atoms with van der Waals surface area (Å²) in [5, 5.41) is 9.09. The molecule has 1 aromatic rings. The van der Waals surface area contributed by atoms with Crippen LogP contribution in [0, 0.1) is 6.92 Å². The van der Waals surface area contributed by atoms with Gasteiger partial charge in [0.1, 0.15) is 4.21 Å². The molecule has 7 heteroatoms. The molecule has 0 atom stereocenters. The SMILES string of the molecule is Cc1cc(S(=O)(=O)NC2CC(O)C2)sc1Br. The van der Waals surface area contributed by atoms with E-state index in [2.05, 4.69) is 20.7 Å². The molecule has 2 N–H and O–H groups in total. The summed E-state index contributed by atoms with van der Waals surface area (Å²) < 4.78 is 27.5. The van der Waals surface area contributed by atoms with E-state index in [9.17, 15) is 8.42 Å². The Morgan fingerprint density at radius 2 is 2.19 bits per heavy atom. The largest absolute Gasteiger partial charge is 0.393 e. The highest BCUT2D eigenvalue weighted by Crippen LogP contribution is 2.31. The Labute approximate surface area is 107 Å². The molecule has 0 spiro atoms. The Balaban J connectivity index is 2.13. The molecular weight excluding hydrogens is 314 g/mol. The predicted octanol–water partition coefficient (Wildman–Crippen LogP) is 1.62. The summed E-state index contributed by atoms with van der Waals surface area (Å²) in [7, 11) is -3.42. The smallest absolute Gasteiger partial charge is 0.250 e. The molecule has 0 bridgehead atoms. The van der Waals surface area contributed by atoms with E-state index in [1.165, 1.54) is 11.3 Å². The van der Waals surface area contributed by atoms with Gasteiger partial charge >= 0.3 is 0 Å². The fourth-order valence-corrected chi connectivity index (χ4v) is 5.03. The molecule has 1 saturated carbocycles. The molecule has 1 fully saturated rings. The summed E-state index contributed by atoms with van der Waals surface area (Å²) in [6.07, 6.45) is 0.653. The average molecular weight is 326 g/mol. The third kappa shape index (κ3) is 2.48. The molecule has 0 saturated heterocycles. The van der Waals surface area contributed by atoms with Crippen molar-refractivity contribution in [2.45, 2.75) is 36.1 Å². The van der Waals surface area contributed by atoms with Gasteiger partial charge in [0.2, 0.25) is 10.0 Å². The van der Waals surface area contributed by atoms with E-state index >= 15 is 0 Å². The van der Waals surface area contributed by atoms with Gasteiger partial charge in [0.25, 0.3) is 0 Å². The van der Waals surface area contributed by atoms with Crippen molar-refractivity contribution >= 4 is 37.3 Å². The number of sulfonamides is 1. The first kappa shape index (κ1) is 12.5. The summed E-state index contributed by atoms with van der Waals surface area (Å²) in [5.74, 6) is 0. The Kier molecular flexibility index (Phi) is 3.42. The maximum absolute atomic E-state index is 11.9. The van der Waals surface area contributed by atoms with Crippen molar-refractivity contribution in [3.8, 4) is 0 Å². The van der Waals surface area contributed by atoms with Gasteiger partial charge < -0.3 is 5.11 Å². The van der Waals surface area contributed by atoms with E-state index in [4.69, 9.17) is 5.11 Å². The average Bonchev–Trinajstić information content (AvgIpc) is 2.45. The number of hydrogen-bond acceptors (Lipinski definition) is 4. The topological polar surface area (TPSA) is 66.4 Å². The van der Waals surface area contributed by atoms with Crippen molar-refractivity contribution in [1.29, 1.82) is 0 Å². The second-order valence-electron chi connectivity index (χ2n) is 3.97. The van der Waals surface area contributed by atoms with Crippen LogP contribution >= 0.6 is 27.3 Å². The number of hydrogen-bond donors (Lipinski definition) is 2. The molecule has 90 valence electrons. The number of rotatable bonds is 3. The molecule has 0 radical (unpaired) electrons. The molecule has 0 amide bonds. The van der Waals surface area contributed by atoms with Gasteiger partial charge in [-0.3, -0.25) is 0 Å². The number of nitrogens with one attached hydrogen (secondary N) is 1. The minimum atomic E-state index is -3.42. The van der Waals surface area contributed by atoms with E-state index in [1.807, 2.05) is 6.92 Å². The number of thiophene rings is 1. The van der Waals surface area contributed by atoms with Gasteiger partial charge in [0, 0.05) is 6.04 Å². The normalized spacial score (nSPS) is 25.4. The van der Waals surface area contributed by atoms with Crippen molar-refractivity contribution in [3.05, 3.63) is 15.4 Å². The molecule has 1 aromatic heterocycles. The van der Waals surface area contributed by atoms with Gasteiger partial charge in [-0.05, 0) is 47.3 Å².